The number of likely N-dealkylation sites (tertiary alicyclic amines) is 1. The molecular formula is C23H26FN3O3. The number of amides is 2. The molecule has 2 amide bonds. The number of anilines is 1. The smallest absolute Gasteiger partial charge is 0.410 e. The number of carbonyl (C=O) groups excluding carboxylic acids is 2. The van der Waals surface area contributed by atoms with Crippen LogP contribution < -0.4 is 4.90 Å². The Kier molecular flexibility index (Phi) is 5.00. The van der Waals surface area contributed by atoms with Crippen molar-refractivity contribution in [2.24, 2.45) is 5.41 Å². The van der Waals surface area contributed by atoms with Gasteiger partial charge in [0.1, 0.15) is 11.4 Å². The number of hydrogen-bond acceptors (Lipinski definition) is 4. The first-order chi connectivity index (χ1) is 14.2. The molecule has 4 rings (SSSR count). The number of hydrogen-bond donors (Lipinski definition) is 0. The van der Waals surface area contributed by atoms with Crippen LogP contribution in [-0.2, 0) is 9.53 Å². The third-order valence-electron chi connectivity index (χ3n) is 5.81. The second kappa shape index (κ2) is 7.38. The fourth-order valence-electron chi connectivity index (χ4n) is 4.38. The van der Waals surface area contributed by atoms with Gasteiger partial charge in [-0.3, -0.25) is 9.78 Å². The highest BCUT2D eigenvalue weighted by Gasteiger charge is 2.62. The van der Waals surface area contributed by atoms with Gasteiger partial charge < -0.3 is 14.5 Å². The molecule has 0 aliphatic carbocycles. The SMILES string of the molecule is CC(C)(C)OC(=O)N1CCC2(CC1)C(=O)N(c1ccc(F)cc1)C2c1ccccn1. The van der Waals surface area contributed by atoms with Crippen LogP contribution in [0.4, 0.5) is 14.9 Å². The van der Waals surface area contributed by atoms with Gasteiger partial charge in [0.05, 0.1) is 17.2 Å². The van der Waals surface area contributed by atoms with Gasteiger partial charge >= 0.3 is 6.09 Å². The van der Waals surface area contributed by atoms with Crippen LogP contribution in [0.15, 0.2) is 48.7 Å². The third kappa shape index (κ3) is 3.53. The average Bonchev–Trinajstić information content (AvgIpc) is 2.72. The highest BCUT2D eigenvalue weighted by molar-refractivity contribution is 6.06. The molecular weight excluding hydrogens is 385 g/mol. The van der Waals surface area contributed by atoms with E-state index in [-0.39, 0.29) is 23.9 Å². The number of rotatable bonds is 2. The maximum absolute atomic E-state index is 13.4. The summed E-state index contributed by atoms with van der Waals surface area (Å²) in [7, 11) is 0. The lowest BCUT2D eigenvalue weighted by molar-refractivity contribution is -0.145. The molecule has 2 aliphatic heterocycles. The predicted molar refractivity (Wildman–Crippen MR) is 110 cm³/mol. The maximum Gasteiger partial charge on any atom is 0.410 e. The van der Waals surface area contributed by atoms with Crippen molar-refractivity contribution < 1.29 is 18.7 Å². The zero-order valence-electron chi connectivity index (χ0n) is 17.5. The normalized spacial score (nSPS) is 20.8. The Hall–Kier alpha value is -2.96. The van der Waals surface area contributed by atoms with Gasteiger partial charge in [-0.25, -0.2) is 9.18 Å². The molecule has 1 unspecified atom stereocenters. The second-order valence-corrected chi connectivity index (χ2v) is 8.93. The van der Waals surface area contributed by atoms with Crippen molar-refractivity contribution in [1.29, 1.82) is 0 Å². The average molecular weight is 411 g/mol. The molecule has 2 aliphatic rings. The van der Waals surface area contributed by atoms with Crippen molar-refractivity contribution in [2.45, 2.75) is 45.3 Å². The second-order valence-electron chi connectivity index (χ2n) is 8.93. The van der Waals surface area contributed by atoms with E-state index in [1.807, 2.05) is 39.0 Å². The van der Waals surface area contributed by atoms with Gasteiger partial charge in [0.25, 0.3) is 0 Å². The molecule has 0 saturated carbocycles. The van der Waals surface area contributed by atoms with Crippen LogP contribution in [0.1, 0.15) is 45.3 Å². The summed E-state index contributed by atoms with van der Waals surface area (Å²) in [6, 6.07) is 11.3. The molecule has 1 atom stereocenters. The summed E-state index contributed by atoms with van der Waals surface area (Å²) in [4.78, 5) is 33.7. The molecule has 6 nitrogen and oxygen atoms in total. The zero-order chi connectivity index (χ0) is 21.5. The van der Waals surface area contributed by atoms with Gasteiger partial charge in [-0.15, -0.1) is 0 Å². The van der Waals surface area contributed by atoms with Gasteiger partial charge in [-0.2, -0.15) is 0 Å². The zero-order valence-corrected chi connectivity index (χ0v) is 17.5. The molecule has 0 radical (unpaired) electrons. The number of ether oxygens (including phenoxy) is 1. The van der Waals surface area contributed by atoms with Crippen molar-refractivity contribution in [1.82, 2.24) is 9.88 Å². The molecule has 1 aromatic carbocycles. The van der Waals surface area contributed by atoms with E-state index >= 15 is 0 Å². The third-order valence-corrected chi connectivity index (χ3v) is 5.81. The molecule has 1 spiro atoms. The predicted octanol–water partition coefficient (Wildman–Crippen LogP) is 4.33. The fourth-order valence-corrected chi connectivity index (χ4v) is 4.38. The summed E-state index contributed by atoms with van der Waals surface area (Å²) in [6.45, 7) is 6.40. The lowest BCUT2D eigenvalue weighted by Gasteiger charge is -2.58. The van der Waals surface area contributed by atoms with E-state index in [1.165, 1.54) is 12.1 Å². The summed E-state index contributed by atoms with van der Waals surface area (Å²) < 4.78 is 18.9. The first kappa shape index (κ1) is 20.3. The number of piperidine rings is 1. The number of nitrogens with zero attached hydrogens (tertiary/aromatic N) is 3. The van der Waals surface area contributed by atoms with Crippen LogP contribution >= 0.6 is 0 Å². The van der Waals surface area contributed by atoms with E-state index in [4.69, 9.17) is 4.74 Å². The maximum atomic E-state index is 13.4. The number of benzene rings is 1. The topological polar surface area (TPSA) is 62.7 Å². The quantitative estimate of drug-likeness (QED) is 0.691. The number of halogens is 1. The summed E-state index contributed by atoms with van der Waals surface area (Å²) >= 11 is 0. The number of β-lactam (4-membered cyclic amide) rings is 1. The van der Waals surface area contributed by atoms with Crippen molar-refractivity contribution >= 4 is 17.7 Å². The molecule has 158 valence electrons. The van der Waals surface area contributed by atoms with Crippen LogP contribution in [0.3, 0.4) is 0 Å². The van der Waals surface area contributed by atoms with Crippen molar-refractivity contribution in [3.05, 3.63) is 60.2 Å². The van der Waals surface area contributed by atoms with Gasteiger partial charge in [-0.1, -0.05) is 6.07 Å². The lowest BCUT2D eigenvalue weighted by atomic mass is 9.63. The van der Waals surface area contributed by atoms with Gasteiger partial charge in [-0.05, 0) is 70.0 Å². The van der Waals surface area contributed by atoms with Crippen molar-refractivity contribution in [2.75, 3.05) is 18.0 Å². The van der Waals surface area contributed by atoms with Crippen LogP contribution in [-0.4, -0.2) is 40.6 Å². The number of pyridine rings is 1. The number of aromatic nitrogens is 1. The van der Waals surface area contributed by atoms with E-state index in [1.54, 1.807) is 28.1 Å². The van der Waals surface area contributed by atoms with E-state index in [9.17, 15) is 14.0 Å². The minimum Gasteiger partial charge on any atom is -0.444 e. The minimum atomic E-state index is -0.624. The Bertz CT molecular complexity index is 932. The van der Waals surface area contributed by atoms with Crippen LogP contribution in [0.2, 0.25) is 0 Å². The minimum absolute atomic E-state index is 0.00593. The molecule has 2 fully saturated rings. The molecule has 1 aromatic heterocycles. The largest absolute Gasteiger partial charge is 0.444 e. The molecule has 0 N–H and O–H groups in total. The van der Waals surface area contributed by atoms with Crippen molar-refractivity contribution in [3.8, 4) is 0 Å². The summed E-state index contributed by atoms with van der Waals surface area (Å²) in [5.41, 5.74) is 0.264. The Labute approximate surface area is 175 Å². The Morgan fingerprint density at radius 3 is 2.37 bits per heavy atom. The molecule has 30 heavy (non-hydrogen) atoms. The first-order valence-corrected chi connectivity index (χ1v) is 10.2. The standard InChI is InChI=1S/C23H26FN3O3/c1-22(2,3)30-21(29)26-14-11-23(12-15-26)19(18-6-4-5-13-25-18)27(20(23)28)17-9-7-16(24)8-10-17/h4-10,13,19H,11-12,14-15H2,1-3H3. The van der Waals surface area contributed by atoms with E-state index < -0.39 is 11.0 Å². The monoisotopic (exact) mass is 411 g/mol. The van der Waals surface area contributed by atoms with E-state index in [2.05, 4.69) is 4.98 Å². The van der Waals surface area contributed by atoms with Gasteiger partial charge in [0.15, 0.2) is 0 Å². The van der Waals surface area contributed by atoms with Crippen LogP contribution in [0.5, 0.6) is 0 Å². The first-order valence-electron chi connectivity index (χ1n) is 10.2. The fraction of sp³-hybridized carbons (Fsp3) is 0.435. The molecule has 2 aromatic rings. The van der Waals surface area contributed by atoms with Crippen molar-refractivity contribution in [3.63, 3.8) is 0 Å². The van der Waals surface area contributed by atoms with Crippen LogP contribution in [0, 0.1) is 11.2 Å². The summed E-state index contributed by atoms with van der Waals surface area (Å²) in [6.07, 6.45) is 2.42. The highest BCUT2D eigenvalue weighted by Crippen LogP contribution is 2.57. The molecule has 0 bridgehead atoms. The summed E-state index contributed by atoms with van der Waals surface area (Å²) in [5.74, 6) is -0.352. The number of carbonyl (C=O) groups is 2. The molecule has 3 heterocycles. The Morgan fingerprint density at radius 2 is 1.80 bits per heavy atom. The molecule has 7 heteroatoms. The van der Waals surface area contributed by atoms with E-state index in [0.29, 0.717) is 31.6 Å². The molecule has 2 saturated heterocycles. The lowest BCUT2D eigenvalue weighted by Crippen LogP contribution is -2.67. The van der Waals surface area contributed by atoms with Gasteiger partial charge in [0.2, 0.25) is 5.91 Å². The highest BCUT2D eigenvalue weighted by atomic mass is 19.1. The summed E-state index contributed by atoms with van der Waals surface area (Å²) in [5, 5.41) is 0. The van der Waals surface area contributed by atoms with Gasteiger partial charge in [0, 0.05) is 25.0 Å². The Balaban J connectivity index is 1.59. The van der Waals surface area contributed by atoms with E-state index in [0.717, 1.165) is 5.69 Å². The Morgan fingerprint density at radius 1 is 1.13 bits per heavy atom. The van der Waals surface area contributed by atoms with Crippen LogP contribution in [0.25, 0.3) is 0 Å².